The molecule has 0 bridgehead atoms. The zero-order valence-electron chi connectivity index (χ0n) is 16.6. The molecule has 0 N–H and O–H groups in total. The van der Waals surface area contributed by atoms with E-state index in [2.05, 4.69) is 0 Å². The zero-order valence-corrected chi connectivity index (χ0v) is 17.5. The van der Waals surface area contributed by atoms with Gasteiger partial charge in [0.05, 0.1) is 28.6 Å². The van der Waals surface area contributed by atoms with E-state index in [4.69, 9.17) is 0 Å². The van der Waals surface area contributed by atoms with Gasteiger partial charge in [-0.05, 0) is 41.8 Å². The van der Waals surface area contributed by atoms with E-state index in [-0.39, 0.29) is 29.8 Å². The van der Waals surface area contributed by atoms with Crippen LogP contribution in [0.1, 0.15) is 37.9 Å². The summed E-state index contributed by atoms with van der Waals surface area (Å²) >= 11 is 0. The number of sulfonamides is 1. The maximum atomic E-state index is 13.5. The molecule has 2 amide bonds. The molecule has 0 unspecified atom stereocenters. The van der Waals surface area contributed by atoms with E-state index in [1.165, 1.54) is 9.21 Å². The molecule has 0 aromatic heterocycles. The van der Waals surface area contributed by atoms with Crippen LogP contribution in [0.2, 0.25) is 0 Å². The van der Waals surface area contributed by atoms with Crippen LogP contribution < -0.4 is 0 Å². The van der Waals surface area contributed by atoms with Gasteiger partial charge in [-0.25, -0.2) is 8.42 Å². The highest BCUT2D eigenvalue weighted by Crippen LogP contribution is 2.36. The molecule has 0 radical (unpaired) electrons. The molecule has 0 saturated carbocycles. The Morgan fingerprint density at radius 2 is 1.35 bits per heavy atom. The molecule has 0 fully saturated rings. The van der Waals surface area contributed by atoms with Gasteiger partial charge in [0.2, 0.25) is 10.0 Å². The Hall–Kier alpha value is -3.29. The SMILES string of the molecule is O=C1c2ccccc2C(=O)N1C[C@H]1c2ccccc2CCN1S(=O)(=O)c1ccccc1. The molecule has 156 valence electrons. The number of amides is 2. The molecule has 3 aromatic rings. The van der Waals surface area contributed by atoms with Crippen molar-refractivity contribution in [2.75, 3.05) is 13.1 Å². The molecule has 0 spiro atoms. The van der Waals surface area contributed by atoms with Crippen molar-refractivity contribution in [3.63, 3.8) is 0 Å². The standard InChI is InChI=1S/C24H20N2O4S/c27-23-20-12-6-7-13-21(20)24(28)25(23)16-22-19-11-5-4-8-17(19)14-15-26(22)31(29,30)18-9-2-1-3-10-18/h1-13,22H,14-16H2/t22-/m0/s1. The lowest BCUT2D eigenvalue weighted by atomic mass is 9.94. The van der Waals surface area contributed by atoms with Crippen LogP contribution in [0, 0.1) is 0 Å². The first-order valence-electron chi connectivity index (χ1n) is 10.1. The van der Waals surface area contributed by atoms with Crippen molar-refractivity contribution >= 4 is 21.8 Å². The average molecular weight is 433 g/mol. The van der Waals surface area contributed by atoms with Gasteiger partial charge in [-0.15, -0.1) is 0 Å². The molecule has 3 aromatic carbocycles. The second kappa shape index (κ2) is 7.44. The lowest BCUT2D eigenvalue weighted by molar-refractivity contribution is 0.0616. The second-order valence-electron chi connectivity index (χ2n) is 7.66. The summed E-state index contributed by atoms with van der Waals surface area (Å²) < 4.78 is 28.4. The van der Waals surface area contributed by atoms with Crippen molar-refractivity contribution in [3.05, 3.63) is 101 Å². The van der Waals surface area contributed by atoms with Gasteiger partial charge >= 0.3 is 0 Å². The van der Waals surface area contributed by atoms with Gasteiger partial charge < -0.3 is 0 Å². The lowest BCUT2D eigenvalue weighted by Crippen LogP contribution is -2.46. The van der Waals surface area contributed by atoms with Crippen molar-refractivity contribution in [1.29, 1.82) is 0 Å². The number of benzene rings is 3. The highest BCUT2D eigenvalue weighted by atomic mass is 32.2. The number of nitrogens with zero attached hydrogens (tertiary/aromatic N) is 2. The maximum Gasteiger partial charge on any atom is 0.261 e. The van der Waals surface area contributed by atoms with Crippen LogP contribution in [-0.2, 0) is 16.4 Å². The van der Waals surface area contributed by atoms with Crippen LogP contribution in [0.5, 0.6) is 0 Å². The molecule has 31 heavy (non-hydrogen) atoms. The quantitative estimate of drug-likeness (QED) is 0.593. The van der Waals surface area contributed by atoms with E-state index in [1.807, 2.05) is 24.3 Å². The highest BCUT2D eigenvalue weighted by molar-refractivity contribution is 7.89. The Kier molecular flexibility index (Phi) is 4.72. The largest absolute Gasteiger partial charge is 0.272 e. The predicted octanol–water partition coefficient (Wildman–Crippen LogP) is 3.27. The Morgan fingerprint density at radius 1 is 0.774 bits per heavy atom. The monoisotopic (exact) mass is 432 g/mol. The summed E-state index contributed by atoms with van der Waals surface area (Å²) in [5.74, 6) is -0.776. The maximum absolute atomic E-state index is 13.5. The topological polar surface area (TPSA) is 74.8 Å². The zero-order chi connectivity index (χ0) is 21.6. The van der Waals surface area contributed by atoms with Crippen molar-refractivity contribution in [2.45, 2.75) is 17.4 Å². The van der Waals surface area contributed by atoms with E-state index in [0.717, 1.165) is 11.1 Å². The first-order chi connectivity index (χ1) is 15.0. The lowest BCUT2D eigenvalue weighted by Gasteiger charge is -2.37. The minimum absolute atomic E-state index is 0.0323. The van der Waals surface area contributed by atoms with Crippen LogP contribution in [0.25, 0.3) is 0 Å². The molecule has 2 aliphatic rings. The van der Waals surface area contributed by atoms with E-state index < -0.39 is 16.1 Å². The molecule has 2 heterocycles. The van der Waals surface area contributed by atoms with Crippen LogP contribution in [-0.4, -0.2) is 42.5 Å². The summed E-state index contributed by atoms with van der Waals surface area (Å²) in [6.07, 6.45) is 0.570. The van der Waals surface area contributed by atoms with Gasteiger partial charge in [0, 0.05) is 6.54 Å². The summed E-state index contributed by atoms with van der Waals surface area (Å²) in [6.45, 7) is 0.248. The third kappa shape index (κ3) is 3.17. The van der Waals surface area contributed by atoms with Crippen LogP contribution in [0.3, 0.4) is 0 Å². The summed E-state index contributed by atoms with van der Waals surface area (Å²) in [7, 11) is -3.81. The number of carbonyl (C=O) groups excluding carboxylic acids is 2. The van der Waals surface area contributed by atoms with Crippen LogP contribution >= 0.6 is 0 Å². The molecule has 2 aliphatic heterocycles. The van der Waals surface area contributed by atoms with E-state index in [0.29, 0.717) is 17.5 Å². The van der Waals surface area contributed by atoms with E-state index >= 15 is 0 Å². The fourth-order valence-electron chi connectivity index (χ4n) is 4.41. The summed E-state index contributed by atoms with van der Waals surface area (Å²) in [6, 6.07) is 21.9. The van der Waals surface area contributed by atoms with Gasteiger partial charge in [0.25, 0.3) is 11.8 Å². The molecule has 0 aliphatic carbocycles. The summed E-state index contributed by atoms with van der Waals surface area (Å²) in [4.78, 5) is 27.3. The number of hydrogen-bond acceptors (Lipinski definition) is 4. The fraction of sp³-hybridized carbons (Fsp3) is 0.167. The number of imide groups is 1. The Balaban J connectivity index is 1.57. The van der Waals surface area contributed by atoms with Crippen molar-refractivity contribution in [3.8, 4) is 0 Å². The Morgan fingerprint density at radius 3 is 2.03 bits per heavy atom. The van der Waals surface area contributed by atoms with Gasteiger partial charge in [-0.3, -0.25) is 14.5 Å². The van der Waals surface area contributed by atoms with Crippen molar-refractivity contribution in [1.82, 2.24) is 9.21 Å². The van der Waals surface area contributed by atoms with Crippen LogP contribution in [0.15, 0.2) is 83.8 Å². The second-order valence-corrected chi connectivity index (χ2v) is 9.55. The summed E-state index contributed by atoms with van der Waals surface area (Å²) in [5, 5.41) is 0. The Bertz CT molecular complexity index is 1250. The van der Waals surface area contributed by atoms with Crippen LogP contribution in [0.4, 0.5) is 0 Å². The molecule has 7 heteroatoms. The minimum atomic E-state index is -3.81. The fourth-order valence-corrected chi connectivity index (χ4v) is 6.03. The van der Waals surface area contributed by atoms with Gasteiger partial charge in [0.1, 0.15) is 0 Å². The third-order valence-corrected chi connectivity index (χ3v) is 7.87. The molecule has 1 atom stereocenters. The molecular weight excluding hydrogens is 412 g/mol. The molecular formula is C24H20N2O4S. The minimum Gasteiger partial charge on any atom is -0.272 e. The number of carbonyl (C=O) groups is 2. The van der Waals surface area contributed by atoms with Crippen molar-refractivity contribution in [2.24, 2.45) is 0 Å². The highest BCUT2D eigenvalue weighted by Gasteiger charge is 2.42. The Labute approximate surface area is 180 Å². The number of rotatable bonds is 4. The normalized spacial score (nSPS) is 18.7. The first-order valence-corrected chi connectivity index (χ1v) is 11.5. The molecule has 6 nitrogen and oxygen atoms in total. The third-order valence-electron chi connectivity index (χ3n) is 5.95. The predicted molar refractivity (Wildman–Crippen MR) is 115 cm³/mol. The van der Waals surface area contributed by atoms with E-state index in [9.17, 15) is 18.0 Å². The molecule has 5 rings (SSSR count). The first kappa shape index (κ1) is 19.7. The number of fused-ring (bicyclic) bond motifs is 2. The smallest absolute Gasteiger partial charge is 0.261 e. The number of hydrogen-bond donors (Lipinski definition) is 0. The molecule has 0 saturated heterocycles. The summed E-state index contributed by atoms with van der Waals surface area (Å²) in [5.41, 5.74) is 2.57. The average Bonchev–Trinajstić information content (AvgIpc) is 3.05. The van der Waals surface area contributed by atoms with Gasteiger partial charge in [-0.2, -0.15) is 4.31 Å². The van der Waals surface area contributed by atoms with E-state index in [1.54, 1.807) is 54.6 Å². The van der Waals surface area contributed by atoms with Gasteiger partial charge in [0.15, 0.2) is 0 Å². The van der Waals surface area contributed by atoms with Gasteiger partial charge in [-0.1, -0.05) is 54.6 Å². The van der Waals surface area contributed by atoms with Crippen molar-refractivity contribution < 1.29 is 18.0 Å².